The lowest BCUT2D eigenvalue weighted by Crippen LogP contribution is -2.08. The number of nitrogens with zero attached hydrogens (tertiary/aromatic N) is 1. The molecule has 0 saturated carbocycles. The summed E-state index contributed by atoms with van der Waals surface area (Å²) < 4.78 is 47.1. The molecular formula is C26H18F3NO. The normalized spacial score (nSPS) is 12.0. The number of fused-ring (bicyclic) bond motifs is 3. The molecule has 0 atom stereocenters. The van der Waals surface area contributed by atoms with Gasteiger partial charge in [-0.25, -0.2) is 0 Å². The molecule has 31 heavy (non-hydrogen) atoms. The molecule has 2 heterocycles. The largest absolute Gasteiger partial charge is 0.456 e. The molecule has 0 aliphatic heterocycles. The molecule has 0 aliphatic rings. The highest BCUT2D eigenvalue weighted by molar-refractivity contribution is 6.07. The topological polar surface area (TPSA) is 26.0 Å². The summed E-state index contributed by atoms with van der Waals surface area (Å²) in [7, 11) is 0. The Bertz CT molecular complexity index is 1430. The van der Waals surface area contributed by atoms with E-state index >= 15 is 0 Å². The second kappa shape index (κ2) is 6.98. The molecule has 5 aromatic rings. The summed E-state index contributed by atoms with van der Waals surface area (Å²) in [6, 6.07) is 20.0. The Morgan fingerprint density at radius 2 is 1.55 bits per heavy atom. The maximum absolute atomic E-state index is 13.7. The summed E-state index contributed by atoms with van der Waals surface area (Å²) >= 11 is 0. The lowest BCUT2D eigenvalue weighted by Gasteiger charge is -2.15. The van der Waals surface area contributed by atoms with Crippen molar-refractivity contribution in [2.75, 3.05) is 0 Å². The summed E-state index contributed by atoms with van der Waals surface area (Å²) in [4.78, 5) is 4.18. The van der Waals surface area contributed by atoms with Crippen LogP contribution >= 0.6 is 0 Å². The third-order valence-electron chi connectivity index (χ3n) is 5.62. The molecular weight excluding hydrogens is 399 g/mol. The quantitative estimate of drug-likeness (QED) is 0.291. The van der Waals surface area contributed by atoms with E-state index < -0.39 is 11.7 Å². The Morgan fingerprint density at radius 3 is 2.29 bits per heavy atom. The molecule has 0 saturated heterocycles. The maximum Gasteiger partial charge on any atom is 0.418 e. The van der Waals surface area contributed by atoms with E-state index in [1.54, 1.807) is 30.3 Å². The molecule has 0 N–H and O–H groups in total. The van der Waals surface area contributed by atoms with Crippen LogP contribution in [0, 0.1) is 13.8 Å². The van der Waals surface area contributed by atoms with Crippen molar-refractivity contribution in [2.24, 2.45) is 0 Å². The minimum atomic E-state index is -4.49. The van der Waals surface area contributed by atoms with Crippen LogP contribution in [0.1, 0.15) is 16.7 Å². The van der Waals surface area contributed by atoms with E-state index in [4.69, 9.17) is 4.42 Å². The van der Waals surface area contributed by atoms with Crippen molar-refractivity contribution in [3.8, 4) is 22.4 Å². The molecule has 0 fully saturated rings. The van der Waals surface area contributed by atoms with E-state index in [2.05, 4.69) is 4.98 Å². The predicted octanol–water partition coefficient (Wildman–Crippen LogP) is 7.95. The third kappa shape index (κ3) is 3.26. The van der Waals surface area contributed by atoms with E-state index in [-0.39, 0.29) is 5.56 Å². The summed E-state index contributed by atoms with van der Waals surface area (Å²) in [5, 5.41) is 1.99. The van der Waals surface area contributed by atoms with E-state index in [0.29, 0.717) is 11.3 Å². The summed E-state index contributed by atoms with van der Waals surface area (Å²) in [5.74, 6) is 0. The zero-order chi connectivity index (χ0) is 21.8. The molecule has 154 valence electrons. The molecule has 0 unspecified atom stereocenters. The Hall–Kier alpha value is -3.60. The van der Waals surface area contributed by atoms with Crippen LogP contribution in [0.5, 0.6) is 0 Å². The van der Waals surface area contributed by atoms with Gasteiger partial charge in [0.25, 0.3) is 0 Å². The van der Waals surface area contributed by atoms with E-state index in [1.165, 1.54) is 6.07 Å². The van der Waals surface area contributed by atoms with E-state index in [0.717, 1.165) is 44.8 Å². The van der Waals surface area contributed by atoms with E-state index in [1.807, 2.05) is 44.2 Å². The number of furan rings is 1. The van der Waals surface area contributed by atoms with E-state index in [9.17, 15) is 13.2 Å². The zero-order valence-electron chi connectivity index (χ0n) is 16.9. The highest BCUT2D eigenvalue weighted by atomic mass is 19.4. The van der Waals surface area contributed by atoms with Crippen LogP contribution in [0.3, 0.4) is 0 Å². The number of hydrogen-bond acceptors (Lipinski definition) is 2. The average molecular weight is 417 g/mol. The molecule has 0 spiro atoms. The first-order valence-corrected chi connectivity index (χ1v) is 9.88. The second-order valence-electron chi connectivity index (χ2n) is 7.70. The van der Waals surface area contributed by atoms with Gasteiger partial charge in [0.2, 0.25) is 0 Å². The van der Waals surface area contributed by atoms with Gasteiger partial charge in [0.15, 0.2) is 0 Å². The number of aromatic nitrogens is 1. The smallest absolute Gasteiger partial charge is 0.418 e. The minimum absolute atomic E-state index is 0.109. The number of alkyl halides is 3. The second-order valence-corrected chi connectivity index (χ2v) is 7.70. The van der Waals surface area contributed by atoms with Crippen LogP contribution < -0.4 is 0 Å². The van der Waals surface area contributed by atoms with Crippen LogP contribution in [-0.4, -0.2) is 4.98 Å². The van der Waals surface area contributed by atoms with Crippen molar-refractivity contribution in [1.82, 2.24) is 4.98 Å². The van der Waals surface area contributed by atoms with Crippen molar-refractivity contribution in [1.29, 1.82) is 0 Å². The lowest BCUT2D eigenvalue weighted by atomic mass is 9.96. The molecule has 3 aromatic carbocycles. The van der Waals surface area contributed by atoms with Crippen molar-refractivity contribution in [3.63, 3.8) is 0 Å². The van der Waals surface area contributed by atoms with Gasteiger partial charge in [-0.3, -0.25) is 4.98 Å². The van der Waals surface area contributed by atoms with Gasteiger partial charge >= 0.3 is 6.18 Å². The van der Waals surface area contributed by atoms with Crippen molar-refractivity contribution < 1.29 is 17.6 Å². The average Bonchev–Trinajstić information content (AvgIpc) is 3.12. The molecule has 0 amide bonds. The third-order valence-corrected chi connectivity index (χ3v) is 5.62. The summed E-state index contributed by atoms with van der Waals surface area (Å²) in [6.45, 7) is 3.91. The number of halogens is 3. The molecule has 2 nitrogen and oxygen atoms in total. The molecule has 0 aliphatic carbocycles. The predicted molar refractivity (Wildman–Crippen MR) is 117 cm³/mol. The van der Waals surface area contributed by atoms with Crippen LogP contribution in [0.15, 0.2) is 77.3 Å². The molecule has 5 heteroatoms. The monoisotopic (exact) mass is 417 g/mol. The standard InChI is InChI=1S/C26H18F3NO/c1-15-8-9-19-20-11-10-18(16(2)25(20)31-24(19)12-15)23-13-21(17-6-4-3-5-7-17)22(14-30-23)26(27,28)29/h3-14H,1-2H3. The Morgan fingerprint density at radius 1 is 0.806 bits per heavy atom. The number of rotatable bonds is 2. The van der Waals surface area contributed by atoms with Gasteiger partial charge in [0.1, 0.15) is 11.2 Å². The number of hydrogen-bond donors (Lipinski definition) is 0. The first kappa shape index (κ1) is 19.4. The lowest BCUT2D eigenvalue weighted by molar-refractivity contribution is -0.137. The first-order chi connectivity index (χ1) is 14.8. The number of pyridine rings is 1. The highest BCUT2D eigenvalue weighted by Crippen LogP contribution is 2.40. The summed E-state index contributed by atoms with van der Waals surface area (Å²) in [6.07, 6.45) is -3.57. The van der Waals surface area contributed by atoms with Crippen LogP contribution in [0.4, 0.5) is 13.2 Å². The fourth-order valence-corrected chi connectivity index (χ4v) is 4.04. The molecule has 5 rings (SSSR count). The fourth-order valence-electron chi connectivity index (χ4n) is 4.04. The van der Waals surface area contributed by atoms with Crippen LogP contribution in [0.2, 0.25) is 0 Å². The van der Waals surface area contributed by atoms with Gasteiger partial charge in [-0.15, -0.1) is 0 Å². The number of benzene rings is 3. The van der Waals surface area contributed by atoms with Crippen LogP contribution in [-0.2, 0) is 6.18 Å². The van der Waals surface area contributed by atoms with Gasteiger partial charge in [-0.2, -0.15) is 13.2 Å². The van der Waals surface area contributed by atoms with Gasteiger partial charge in [0.05, 0.1) is 11.3 Å². The van der Waals surface area contributed by atoms with Crippen molar-refractivity contribution in [3.05, 3.63) is 89.6 Å². The molecule has 2 aromatic heterocycles. The van der Waals surface area contributed by atoms with Crippen molar-refractivity contribution in [2.45, 2.75) is 20.0 Å². The van der Waals surface area contributed by atoms with Gasteiger partial charge in [0, 0.05) is 28.1 Å². The minimum Gasteiger partial charge on any atom is -0.456 e. The van der Waals surface area contributed by atoms with Gasteiger partial charge in [-0.05, 0) is 48.7 Å². The SMILES string of the molecule is Cc1ccc2c(c1)oc1c(C)c(-c3cc(-c4ccccc4)c(C(F)(F)F)cn3)ccc12. The Kier molecular flexibility index (Phi) is 4.36. The molecule has 0 bridgehead atoms. The fraction of sp³-hybridized carbons (Fsp3) is 0.115. The van der Waals surface area contributed by atoms with Crippen molar-refractivity contribution >= 4 is 21.9 Å². The maximum atomic E-state index is 13.7. The van der Waals surface area contributed by atoms with Crippen LogP contribution in [0.25, 0.3) is 44.3 Å². The van der Waals surface area contributed by atoms with Gasteiger partial charge < -0.3 is 4.42 Å². The van der Waals surface area contributed by atoms with Gasteiger partial charge in [-0.1, -0.05) is 48.5 Å². The highest BCUT2D eigenvalue weighted by Gasteiger charge is 2.34. The zero-order valence-corrected chi connectivity index (χ0v) is 16.9. The molecule has 0 radical (unpaired) electrons. The Labute approximate surface area is 177 Å². The summed E-state index contributed by atoms with van der Waals surface area (Å²) in [5.41, 5.74) is 4.53. The number of aryl methyl sites for hydroxylation is 2. The first-order valence-electron chi connectivity index (χ1n) is 9.88. The Balaban J connectivity index is 1.73.